The normalized spacial score (nSPS) is 11.6. The summed E-state index contributed by atoms with van der Waals surface area (Å²) in [5, 5.41) is 11.5. The van der Waals surface area contributed by atoms with Gasteiger partial charge < -0.3 is 4.74 Å². The van der Waals surface area contributed by atoms with Crippen molar-refractivity contribution in [2.45, 2.75) is 4.90 Å². The lowest BCUT2D eigenvalue weighted by Crippen LogP contribution is -2.22. The van der Waals surface area contributed by atoms with E-state index in [0.717, 1.165) is 4.31 Å². The summed E-state index contributed by atoms with van der Waals surface area (Å²) in [4.78, 5) is 23.3. The smallest absolute Gasteiger partial charge is 0.312 e. The molecule has 0 fully saturated rings. The molecule has 0 saturated heterocycles. The minimum atomic E-state index is -3.61. The maximum Gasteiger partial charge on any atom is 0.312 e. The van der Waals surface area contributed by atoms with Gasteiger partial charge in [0.2, 0.25) is 15.8 Å². The highest BCUT2D eigenvalue weighted by atomic mass is 32.2. The quantitative estimate of drug-likeness (QED) is 0.205. The third-order valence-corrected chi connectivity index (χ3v) is 6.40. The molecule has 10 heteroatoms. The Bertz CT molecular complexity index is 1320. The lowest BCUT2D eigenvalue weighted by molar-refractivity contribution is -0.385. The highest BCUT2D eigenvalue weighted by Gasteiger charge is 2.18. The van der Waals surface area contributed by atoms with Crippen LogP contribution >= 0.6 is 0 Å². The number of nitrogens with zero attached hydrogens (tertiary/aromatic N) is 2. The van der Waals surface area contributed by atoms with E-state index < -0.39 is 26.5 Å². The van der Waals surface area contributed by atoms with Gasteiger partial charge in [-0.25, -0.2) is 17.1 Å². The molecule has 8 nitrogen and oxygen atoms in total. The highest BCUT2D eigenvalue weighted by Crippen LogP contribution is 2.32. The molecule has 0 amide bonds. The molecule has 0 N–H and O–H groups in total. The number of carbonyl (C=O) groups excluding carboxylic acids is 1. The van der Waals surface area contributed by atoms with Crippen LogP contribution in [-0.4, -0.2) is 37.5 Å². The fourth-order valence-electron chi connectivity index (χ4n) is 2.77. The molecule has 0 heterocycles. The predicted octanol–water partition coefficient (Wildman–Crippen LogP) is 4.67. The summed E-state index contributed by atoms with van der Waals surface area (Å²) in [5.74, 6) is -0.667. The van der Waals surface area contributed by atoms with E-state index in [2.05, 4.69) is 0 Å². The van der Waals surface area contributed by atoms with Crippen molar-refractivity contribution in [1.82, 2.24) is 4.31 Å². The number of ketones is 1. The summed E-state index contributed by atoms with van der Waals surface area (Å²) in [5.41, 5.74) is 0.315. The van der Waals surface area contributed by atoms with E-state index >= 15 is 0 Å². The summed E-state index contributed by atoms with van der Waals surface area (Å²) in [6.07, 6.45) is 2.64. The third kappa shape index (κ3) is 5.68. The fourth-order valence-corrected chi connectivity index (χ4v) is 3.67. The molecule has 0 aliphatic rings. The Balaban J connectivity index is 1.79. The minimum absolute atomic E-state index is 0.0345. The van der Waals surface area contributed by atoms with Gasteiger partial charge in [-0.15, -0.1) is 0 Å². The van der Waals surface area contributed by atoms with Crippen molar-refractivity contribution in [3.8, 4) is 11.5 Å². The number of rotatable bonds is 8. The molecule has 0 spiro atoms. The zero-order chi connectivity index (χ0) is 24.2. The first-order valence-electron chi connectivity index (χ1n) is 9.55. The van der Waals surface area contributed by atoms with Gasteiger partial charge >= 0.3 is 5.69 Å². The fraction of sp³-hybridized carbons (Fsp3) is 0.0870. The lowest BCUT2D eigenvalue weighted by atomic mass is 10.1. The Labute approximate surface area is 189 Å². The molecule has 0 aliphatic heterocycles. The average molecular weight is 470 g/mol. The first kappa shape index (κ1) is 23.8. The topological polar surface area (TPSA) is 107 Å². The predicted molar refractivity (Wildman–Crippen MR) is 120 cm³/mol. The number of benzene rings is 3. The van der Waals surface area contributed by atoms with Gasteiger partial charge in [0.15, 0.2) is 5.78 Å². The molecule has 0 radical (unpaired) electrons. The highest BCUT2D eigenvalue weighted by molar-refractivity contribution is 7.89. The number of ether oxygens (including phenoxy) is 1. The Morgan fingerprint density at radius 3 is 2.24 bits per heavy atom. The van der Waals surface area contributed by atoms with Gasteiger partial charge in [0.05, 0.1) is 9.82 Å². The number of allylic oxidation sites excluding steroid dienone is 1. The zero-order valence-corrected chi connectivity index (χ0v) is 18.5. The van der Waals surface area contributed by atoms with Crippen LogP contribution in [0.5, 0.6) is 11.5 Å². The van der Waals surface area contributed by atoms with Crippen LogP contribution in [0.1, 0.15) is 15.9 Å². The molecule has 0 aromatic heterocycles. The van der Waals surface area contributed by atoms with E-state index in [1.807, 2.05) is 0 Å². The maximum absolute atomic E-state index is 13.0. The van der Waals surface area contributed by atoms with E-state index in [1.165, 1.54) is 93.0 Å². The first-order valence-corrected chi connectivity index (χ1v) is 11.0. The van der Waals surface area contributed by atoms with Gasteiger partial charge in [0, 0.05) is 25.7 Å². The van der Waals surface area contributed by atoms with Gasteiger partial charge in [0.25, 0.3) is 0 Å². The number of hydrogen-bond acceptors (Lipinski definition) is 6. The molecule has 0 saturated carbocycles. The minimum Gasteiger partial charge on any atom is -0.450 e. The first-order chi connectivity index (χ1) is 15.6. The molecular formula is C23H19FN2O6S. The largest absolute Gasteiger partial charge is 0.450 e. The SMILES string of the molecule is CN(C)S(=O)(=O)c1ccc(C(=O)/C=C/c2ccc(Oc3ccc(F)cc3)c([N+](=O)[O-])c2)cc1. The maximum atomic E-state index is 13.0. The van der Waals surface area contributed by atoms with Crippen LogP contribution in [0.3, 0.4) is 0 Å². The molecular weight excluding hydrogens is 451 g/mol. The van der Waals surface area contributed by atoms with Gasteiger partial charge in [0.1, 0.15) is 11.6 Å². The number of sulfonamides is 1. The summed E-state index contributed by atoms with van der Waals surface area (Å²) in [6.45, 7) is 0. The van der Waals surface area contributed by atoms with E-state index in [9.17, 15) is 27.7 Å². The number of hydrogen-bond donors (Lipinski definition) is 0. The van der Waals surface area contributed by atoms with Gasteiger partial charge in [-0.1, -0.05) is 12.1 Å². The van der Waals surface area contributed by atoms with Crippen molar-refractivity contribution in [2.75, 3.05) is 14.1 Å². The van der Waals surface area contributed by atoms with Crippen LogP contribution in [0, 0.1) is 15.9 Å². The average Bonchev–Trinajstić information content (AvgIpc) is 2.79. The van der Waals surface area contributed by atoms with Crippen LogP contribution in [0.4, 0.5) is 10.1 Å². The van der Waals surface area contributed by atoms with Crippen molar-refractivity contribution < 1.29 is 27.3 Å². The second-order valence-corrected chi connectivity index (χ2v) is 9.20. The summed E-state index contributed by atoms with van der Waals surface area (Å²) in [7, 11) is -0.789. The molecule has 170 valence electrons. The van der Waals surface area contributed by atoms with Crippen molar-refractivity contribution in [3.63, 3.8) is 0 Å². The molecule has 0 bridgehead atoms. The van der Waals surface area contributed by atoms with Gasteiger partial charge in [-0.2, -0.15) is 0 Å². The van der Waals surface area contributed by atoms with Gasteiger partial charge in [-0.3, -0.25) is 14.9 Å². The Kier molecular flexibility index (Phi) is 7.00. The number of nitro groups is 1. The second kappa shape index (κ2) is 9.72. The summed E-state index contributed by atoms with van der Waals surface area (Å²) >= 11 is 0. The molecule has 0 aliphatic carbocycles. The molecule has 0 atom stereocenters. The van der Waals surface area contributed by atoms with Crippen LogP contribution in [0.15, 0.2) is 77.7 Å². The van der Waals surface area contributed by atoms with Crippen LogP contribution in [0.2, 0.25) is 0 Å². The van der Waals surface area contributed by atoms with Gasteiger partial charge in [-0.05, 0) is 66.2 Å². The molecule has 33 heavy (non-hydrogen) atoms. The summed E-state index contributed by atoms with van der Waals surface area (Å²) in [6, 6.07) is 14.7. The van der Waals surface area contributed by atoms with Crippen LogP contribution in [0.25, 0.3) is 6.08 Å². The number of carbonyl (C=O) groups is 1. The Morgan fingerprint density at radius 2 is 1.67 bits per heavy atom. The lowest BCUT2D eigenvalue weighted by Gasteiger charge is -2.11. The third-order valence-electron chi connectivity index (χ3n) is 4.57. The van der Waals surface area contributed by atoms with Crippen molar-refractivity contribution >= 4 is 27.6 Å². The standard InChI is InChI=1S/C23H19FN2O6S/c1-25(2)33(30,31)20-11-5-17(6-12-20)22(27)13-3-16-4-14-23(21(15-16)26(28)29)32-19-9-7-18(24)8-10-19/h3-15H,1-2H3/b13-3+. The molecule has 3 aromatic rings. The van der Waals surface area contributed by atoms with Crippen LogP contribution < -0.4 is 4.74 Å². The zero-order valence-electron chi connectivity index (χ0n) is 17.6. The van der Waals surface area contributed by atoms with Crippen LogP contribution in [-0.2, 0) is 10.0 Å². The van der Waals surface area contributed by atoms with Crippen molar-refractivity contribution in [3.05, 3.63) is 99.9 Å². The van der Waals surface area contributed by atoms with Crippen molar-refractivity contribution in [1.29, 1.82) is 0 Å². The van der Waals surface area contributed by atoms with E-state index in [-0.39, 0.29) is 27.6 Å². The summed E-state index contributed by atoms with van der Waals surface area (Å²) < 4.78 is 43.8. The van der Waals surface area contributed by atoms with E-state index in [4.69, 9.17) is 4.74 Å². The second-order valence-electron chi connectivity index (χ2n) is 7.05. The molecule has 3 rings (SSSR count). The Hall–Kier alpha value is -3.89. The molecule has 3 aromatic carbocycles. The number of halogens is 1. The van der Waals surface area contributed by atoms with Crippen molar-refractivity contribution in [2.24, 2.45) is 0 Å². The monoisotopic (exact) mass is 470 g/mol. The Morgan fingerprint density at radius 1 is 1.03 bits per heavy atom. The van der Waals surface area contributed by atoms with E-state index in [1.54, 1.807) is 0 Å². The van der Waals surface area contributed by atoms with E-state index in [0.29, 0.717) is 5.56 Å². The number of nitro benzene ring substituents is 1. The molecule has 0 unspecified atom stereocenters.